The summed E-state index contributed by atoms with van der Waals surface area (Å²) < 4.78 is 47.9. The second-order valence-corrected chi connectivity index (χ2v) is 8.03. The van der Waals surface area contributed by atoms with Gasteiger partial charge in [-0.05, 0) is 52.0 Å². The minimum Gasteiger partial charge on any atom is -0.477 e. The lowest BCUT2D eigenvalue weighted by molar-refractivity contribution is -0.141. The van der Waals surface area contributed by atoms with E-state index in [0.29, 0.717) is 40.6 Å². The molecule has 34 heavy (non-hydrogen) atoms. The number of fused-ring (bicyclic) bond motifs is 1. The number of rotatable bonds is 7. The Balaban J connectivity index is 1.86. The van der Waals surface area contributed by atoms with Crippen molar-refractivity contribution in [3.05, 3.63) is 59.7 Å². The number of pyridine rings is 3. The summed E-state index contributed by atoms with van der Waals surface area (Å²) >= 11 is 0. The molecule has 10 heteroatoms. The molecule has 0 aromatic carbocycles. The first-order chi connectivity index (χ1) is 16.2. The van der Waals surface area contributed by atoms with Crippen LogP contribution in [0.3, 0.4) is 0 Å². The van der Waals surface area contributed by atoms with Crippen molar-refractivity contribution in [2.24, 2.45) is 0 Å². The van der Waals surface area contributed by atoms with Crippen LogP contribution in [0.1, 0.15) is 43.8 Å². The number of alkyl halides is 3. The van der Waals surface area contributed by atoms with E-state index in [-0.39, 0.29) is 18.2 Å². The molecule has 0 spiro atoms. The summed E-state index contributed by atoms with van der Waals surface area (Å²) in [4.78, 5) is 12.7. The number of hydrogen-bond acceptors (Lipinski definition) is 6. The fourth-order valence-electron chi connectivity index (χ4n) is 3.79. The van der Waals surface area contributed by atoms with Crippen LogP contribution in [-0.2, 0) is 12.7 Å². The molecule has 4 aromatic rings. The highest BCUT2D eigenvalue weighted by Gasteiger charge is 2.35. The van der Waals surface area contributed by atoms with Gasteiger partial charge in [0.1, 0.15) is 16.7 Å². The molecule has 0 unspecified atom stereocenters. The number of nitrogens with zero attached hydrogens (tertiary/aromatic N) is 5. The van der Waals surface area contributed by atoms with Crippen molar-refractivity contribution in [3.8, 4) is 17.1 Å². The molecule has 4 heterocycles. The highest BCUT2D eigenvalue weighted by Crippen LogP contribution is 2.35. The quantitative estimate of drug-likeness (QED) is 0.367. The standard InChI is InChI=1S/C24H25F3N6O/c1-5-34-23-17(9-7-11-29-23)18-12-19(21-20(31-18)15(4)32-33(21)14(2)3)30-13-16-8-6-10-28-22(16)24(25,26)27/h6-12,14H,5,13H2,1-4H3,(H,30,31). The summed E-state index contributed by atoms with van der Waals surface area (Å²) in [6.45, 7) is 8.06. The van der Waals surface area contributed by atoms with Gasteiger partial charge in [-0.25, -0.2) is 9.97 Å². The predicted molar refractivity (Wildman–Crippen MR) is 124 cm³/mol. The summed E-state index contributed by atoms with van der Waals surface area (Å²) in [6.07, 6.45) is -1.77. The number of halogens is 3. The van der Waals surface area contributed by atoms with E-state index in [1.807, 2.05) is 38.4 Å². The zero-order valence-corrected chi connectivity index (χ0v) is 19.3. The van der Waals surface area contributed by atoms with Crippen LogP contribution in [0.4, 0.5) is 18.9 Å². The molecule has 0 aliphatic carbocycles. The number of nitrogens with one attached hydrogen (secondary N) is 1. The Morgan fingerprint density at radius 1 is 1.12 bits per heavy atom. The maximum atomic E-state index is 13.5. The van der Waals surface area contributed by atoms with Gasteiger partial charge in [0.15, 0.2) is 0 Å². The van der Waals surface area contributed by atoms with Gasteiger partial charge in [0, 0.05) is 30.5 Å². The second-order valence-electron chi connectivity index (χ2n) is 8.03. The number of hydrogen-bond donors (Lipinski definition) is 1. The van der Waals surface area contributed by atoms with Gasteiger partial charge in [-0.2, -0.15) is 18.3 Å². The van der Waals surface area contributed by atoms with E-state index in [1.165, 1.54) is 12.1 Å². The first kappa shape index (κ1) is 23.5. The molecule has 0 saturated heterocycles. The van der Waals surface area contributed by atoms with Crippen LogP contribution in [0.25, 0.3) is 22.3 Å². The van der Waals surface area contributed by atoms with Gasteiger partial charge in [0.25, 0.3) is 0 Å². The van der Waals surface area contributed by atoms with Gasteiger partial charge in [-0.3, -0.25) is 9.67 Å². The summed E-state index contributed by atoms with van der Waals surface area (Å²) in [5.74, 6) is 0.434. The molecular weight excluding hydrogens is 445 g/mol. The number of aromatic nitrogens is 5. The molecule has 0 fully saturated rings. The number of ether oxygens (including phenoxy) is 1. The largest absolute Gasteiger partial charge is 0.477 e. The fraction of sp³-hybridized carbons (Fsp3) is 0.333. The Morgan fingerprint density at radius 3 is 2.56 bits per heavy atom. The van der Waals surface area contributed by atoms with Crippen molar-refractivity contribution in [1.29, 1.82) is 0 Å². The van der Waals surface area contributed by atoms with Crippen LogP contribution >= 0.6 is 0 Å². The lowest BCUT2D eigenvalue weighted by atomic mass is 10.1. The van der Waals surface area contributed by atoms with E-state index in [0.717, 1.165) is 11.7 Å². The second kappa shape index (κ2) is 9.28. The Morgan fingerprint density at radius 2 is 1.85 bits per heavy atom. The predicted octanol–water partition coefficient (Wildman–Crippen LogP) is 5.81. The van der Waals surface area contributed by atoms with E-state index < -0.39 is 11.9 Å². The van der Waals surface area contributed by atoms with Crippen molar-refractivity contribution in [1.82, 2.24) is 24.7 Å². The summed E-state index contributed by atoms with van der Waals surface area (Å²) in [5, 5.41) is 7.81. The molecule has 0 aliphatic heterocycles. The zero-order chi connectivity index (χ0) is 24.5. The molecule has 1 N–H and O–H groups in total. The minimum absolute atomic E-state index is 0.0194. The molecule has 0 radical (unpaired) electrons. The van der Waals surface area contributed by atoms with E-state index in [1.54, 1.807) is 18.3 Å². The van der Waals surface area contributed by atoms with E-state index in [4.69, 9.17) is 9.72 Å². The monoisotopic (exact) mass is 470 g/mol. The van der Waals surface area contributed by atoms with Crippen molar-refractivity contribution in [2.45, 2.75) is 46.5 Å². The SMILES string of the molecule is CCOc1ncccc1-c1cc(NCc2cccnc2C(F)(F)F)c2c(n1)c(C)nn2C(C)C. The molecule has 0 amide bonds. The van der Waals surface area contributed by atoms with Gasteiger partial charge < -0.3 is 10.1 Å². The van der Waals surface area contributed by atoms with Gasteiger partial charge >= 0.3 is 6.18 Å². The van der Waals surface area contributed by atoms with Crippen LogP contribution in [0.15, 0.2) is 42.7 Å². The number of aryl methyl sites for hydroxylation is 1. The molecule has 0 atom stereocenters. The maximum Gasteiger partial charge on any atom is 0.433 e. The molecule has 0 bridgehead atoms. The van der Waals surface area contributed by atoms with Crippen LogP contribution in [0.5, 0.6) is 5.88 Å². The smallest absolute Gasteiger partial charge is 0.433 e. The molecule has 178 valence electrons. The van der Waals surface area contributed by atoms with Gasteiger partial charge in [0.05, 0.1) is 29.2 Å². The van der Waals surface area contributed by atoms with Gasteiger partial charge in [0.2, 0.25) is 5.88 Å². The van der Waals surface area contributed by atoms with Crippen LogP contribution in [-0.4, -0.2) is 31.3 Å². The lowest BCUT2D eigenvalue weighted by Crippen LogP contribution is -2.14. The summed E-state index contributed by atoms with van der Waals surface area (Å²) in [7, 11) is 0. The third kappa shape index (κ3) is 4.52. The van der Waals surface area contributed by atoms with Gasteiger partial charge in [-0.1, -0.05) is 6.07 Å². The van der Waals surface area contributed by atoms with E-state index in [2.05, 4.69) is 20.4 Å². The van der Waals surface area contributed by atoms with Crippen LogP contribution in [0, 0.1) is 6.92 Å². The Labute approximate surface area is 195 Å². The van der Waals surface area contributed by atoms with E-state index >= 15 is 0 Å². The average molecular weight is 470 g/mol. The van der Waals surface area contributed by atoms with E-state index in [9.17, 15) is 13.2 Å². The Bertz CT molecular complexity index is 1320. The van der Waals surface area contributed by atoms with Crippen LogP contribution < -0.4 is 10.1 Å². The maximum absolute atomic E-state index is 13.5. The first-order valence-electron chi connectivity index (χ1n) is 10.9. The van der Waals surface area contributed by atoms with Crippen molar-refractivity contribution >= 4 is 16.7 Å². The van der Waals surface area contributed by atoms with Gasteiger partial charge in [-0.15, -0.1) is 0 Å². The van der Waals surface area contributed by atoms with Crippen LogP contribution in [0.2, 0.25) is 0 Å². The van der Waals surface area contributed by atoms with Crippen molar-refractivity contribution in [3.63, 3.8) is 0 Å². The van der Waals surface area contributed by atoms with Crippen molar-refractivity contribution in [2.75, 3.05) is 11.9 Å². The lowest BCUT2D eigenvalue weighted by Gasteiger charge is -2.16. The molecule has 4 aromatic heterocycles. The van der Waals surface area contributed by atoms with Crippen molar-refractivity contribution < 1.29 is 17.9 Å². The first-order valence-corrected chi connectivity index (χ1v) is 10.9. The highest BCUT2D eigenvalue weighted by atomic mass is 19.4. The minimum atomic E-state index is -4.55. The normalized spacial score (nSPS) is 11.9. The Hall–Kier alpha value is -3.69. The topological polar surface area (TPSA) is 77.8 Å². The highest BCUT2D eigenvalue weighted by molar-refractivity contribution is 5.93. The Kier molecular flexibility index (Phi) is 6.41. The number of anilines is 1. The zero-order valence-electron chi connectivity index (χ0n) is 19.3. The third-order valence-electron chi connectivity index (χ3n) is 5.27. The fourth-order valence-corrected chi connectivity index (χ4v) is 3.79. The molecule has 4 rings (SSSR count). The summed E-state index contributed by atoms with van der Waals surface area (Å²) in [5.41, 5.74) is 3.10. The average Bonchev–Trinajstić information content (AvgIpc) is 3.14. The molecule has 0 saturated carbocycles. The summed E-state index contributed by atoms with van der Waals surface area (Å²) in [6, 6.07) is 8.36. The molecular formula is C24H25F3N6O. The third-order valence-corrected chi connectivity index (χ3v) is 5.27. The molecule has 7 nitrogen and oxygen atoms in total. The molecule has 0 aliphatic rings.